The molecule has 3 nitrogen and oxygen atoms in total. The van der Waals surface area contributed by atoms with Gasteiger partial charge in [-0.3, -0.25) is 0 Å². The molecular formula is C13H12BrN3. The largest absolute Gasteiger partial charge is 0.325 e. The van der Waals surface area contributed by atoms with Crippen molar-refractivity contribution in [3.05, 3.63) is 46.3 Å². The molecule has 2 N–H and O–H groups in total. The zero-order valence-electron chi connectivity index (χ0n) is 9.44. The maximum atomic E-state index is 5.76. The predicted octanol–water partition coefficient (Wildman–Crippen LogP) is 3.02. The SMILES string of the molecule is Cc1nc2c3ccc(Br)cc3ccn2c1CN. The van der Waals surface area contributed by atoms with E-state index in [1.165, 1.54) is 5.39 Å². The lowest BCUT2D eigenvalue weighted by molar-refractivity contribution is 0.946. The molecule has 0 bridgehead atoms. The number of nitrogens with two attached hydrogens (primary N) is 1. The molecule has 17 heavy (non-hydrogen) atoms. The number of hydrogen-bond donors (Lipinski definition) is 1. The Morgan fingerprint density at radius 3 is 2.94 bits per heavy atom. The van der Waals surface area contributed by atoms with E-state index in [0.29, 0.717) is 6.54 Å². The predicted molar refractivity (Wildman–Crippen MR) is 73.0 cm³/mol. The highest BCUT2D eigenvalue weighted by molar-refractivity contribution is 9.10. The van der Waals surface area contributed by atoms with Crippen molar-refractivity contribution < 1.29 is 0 Å². The maximum absolute atomic E-state index is 5.76. The summed E-state index contributed by atoms with van der Waals surface area (Å²) in [6, 6.07) is 8.31. The maximum Gasteiger partial charge on any atom is 0.145 e. The van der Waals surface area contributed by atoms with E-state index in [9.17, 15) is 0 Å². The summed E-state index contributed by atoms with van der Waals surface area (Å²) in [6.07, 6.45) is 2.03. The van der Waals surface area contributed by atoms with Crippen LogP contribution < -0.4 is 5.73 Å². The summed E-state index contributed by atoms with van der Waals surface area (Å²) < 4.78 is 3.16. The molecule has 0 aliphatic heterocycles. The van der Waals surface area contributed by atoms with Crippen LogP contribution in [0.3, 0.4) is 0 Å². The monoisotopic (exact) mass is 289 g/mol. The van der Waals surface area contributed by atoms with Crippen molar-refractivity contribution in [2.75, 3.05) is 0 Å². The number of halogens is 1. The van der Waals surface area contributed by atoms with Gasteiger partial charge < -0.3 is 10.1 Å². The molecule has 0 aliphatic rings. The third-order valence-corrected chi connectivity index (χ3v) is 3.55. The quantitative estimate of drug-likeness (QED) is 0.748. The molecule has 0 fully saturated rings. The fourth-order valence-corrected chi connectivity index (χ4v) is 2.58. The summed E-state index contributed by atoms with van der Waals surface area (Å²) in [7, 11) is 0. The Morgan fingerprint density at radius 1 is 1.35 bits per heavy atom. The van der Waals surface area contributed by atoms with E-state index in [-0.39, 0.29) is 0 Å². The minimum Gasteiger partial charge on any atom is -0.325 e. The zero-order chi connectivity index (χ0) is 12.0. The van der Waals surface area contributed by atoms with Gasteiger partial charge in [-0.15, -0.1) is 0 Å². The van der Waals surface area contributed by atoms with Crippen LogP contribution in [0.4, 0.5) is 0 Å². The Hall–Kier alpha value is -1.39. The van der Waals surface area contributed by atoms with E-state index in [1.807, 2.05) is 19.2 Å². The molecule has 0 amide bonds. The van der Waals surface area contributed by atoms with Gasteiger partial charge in [0.15, 0.2) is 0 Å². The van der Waals surface area contributed by atoms with Crippen molar-refractivity contribution in [2.24, 2.45) is 5.73 Å². The van der Waals surface area contributed by atoms with Crippen LogP contribution in [0.25, 0.3) is 16.4 Å². The molecule has 0 unspecified atom stereocenters. The molecule has 0 atom stereocenters. The minimum absolute atomic E-state index is 0.509. The van der Waals surface area contributed by atoms with Crippen molar-refractivity contribution in [3.63, 3.8) is 0 Å². The summed E-state index contributed by atoms with van der Waals surface area (Å²) in [5.41, 5.74) is 8.82. The van der Waals surface area contributed by atoms with Crippen LogP contribution >= 0.6 is 15.9 Å². The molecule has 2 aromatic heterocycles. The first-order valence-corrected chi connectivity index (χ1v) is 6.26. The first-order chi connectivity index (χ1) is 8.20. The van der Waals surface area contributed by atoms with Gasteiger partial charge in [-0.25, -0.2) is 4.98 Å². The Bertz CT molecular complexity index is 715. The molecule has 0 spiro atoms. The molecule has 0 aliphatic carbocycles. The van der Waals surface area contributed by atoms with Crippen molar-refractivity contribution >= 4 is 32.3 Å². The van der Waals surface area contributed by atoms with E-state index in [2.05, 4.69) is 43.5 Å². The average Bonchev–Trinajstić information content (AvgIpc) is 2.64. The molecular weight excluding hydrogens is 278 g/mol. The lowest BCUT2D eigenvalue weighted by atomic mass is 10.2. The van der Waals surface area contributed by atoms with Gasteiger partial charge in [-0.1, -0.05) is 15.9 Å². The lowest BCUT2D eigenvalue weighted by Gasteiger charge is -2.03. The number of rotatable bonds is 1. The van der Waals surface area contributed by atoms with Gasteiger partial charge in [0.1, 0.15) is 5.65 Å². The van der Waals surface area contributed by atoms with Crippen LogP contribution in [0.5, 0.6) is 0 Å². The Balaban J connectivity index is 2.48. The zero-order valence-corrected chi connectivity index (χ0v) is 11.0. The van der Waals surface area contributed by atoms with Crippen molar-refractivity contribution in [3.8, 4) is 0 Å². The fraction of sp³-hybridized carbons (Fsp3) is 0.154. The molecule has 0 saturated carbocycles. The molecule has 1 aromatic carbocycles. The second-order valence-electron chi connectivity index (χ2n) is 4.09. The Labute approximate surface area is 107 Å². The highest BCUT2D eigenvalue weighted by Crippen LogP contribution is 2.24. The number of nitrogens with zero attached hydrogens (tertiary/aromatic N) is 2. The van der Waals surface area contributed by atoms with Crippen molar-refractivity contribution in [2.45, 2.75) is 13.5 Å². The molecule has 0 radical (unpaired) electrons. The lowest BCUT2D eigenvalue weighted by Crippen LogP contribution is -2.02. The third-order valence-electron chi connectivity index (χ3n) is 3.06. The summed E-state index contributed by atoms with van der Waals surface area (Å²) in [6.45, 7) is 2.51. The van der Waals surface area contributed by atoms with Crippen LogP contribution in [-0.4, -0.2) is 9.38 Å². The van der Waals surface area contributed by atoms with E-state index in [0.717, 1.165) is 26.9 Å². The standard InChI is InChI=1S/C13H12BrN3/c1-8-12(7-15)17-5-4-9-6-10(14)2-3-11(9)13(17)16-8/h2-6H,7,15H2,1H3. The Morgan fingerprint density at radius 2 is 2.18 bits per heavy atom. The number of aromatic nitrogens is 2. The normalized spacial score (nSPS) is 11.5. The second kappa shape index (κ2) is 3.82. The fourth-order valence-electron chi connectivity index (χ4n) is 2.21. The van der Waals surface area contributed by atoms with Crippen molar-refractivity contribution in [1.29, 1.82) is 0 Å². The molecule has 4 heteroatoms. The summed E-state index contributed by atoms with van der Waals surface area (Å²) >= 11 is 3.48. The number of hydrogen-bond acceptors (Lipinski definition) is 2. The number of pyridine rings is 1. The van der Waals surface area contributed by atoms with Gasteiger partial charge in [0, 0.05) is 22.6 Å². The molecule has 0 saturated heterocycles. The van der Waals surface area contributed by atoms with Crippen LogP contribution in [0.2, 0.25) is 0 Å². The van der Waals surface area contributed by atoms with Gasteiger partial charge in [-0.05, 0) is 36.6 Å². The van der Waals surface area contributed by atoms with Crippen LogP contribution in [0.15, 0.2) is 34.9 Å². The molecule has 3 aromatic rings. The van der Waals surface area contributed by atoms with Gasteiger partial charge >= 0.3 is 0 Å². The van der Waals surface area contributed by atoms with Crippen LogP contribution in [0.1, 0.15) is 11.4 Å². The van der Waals surface area contributed by atoms with E-state index >= 15 is 0 Å². The van der Waals surface area contributed by atoms with Gasteiger partial charge in [0.05, 0.1) is 11.4 Å². The number of aryl methyl sites for hydroxylation is 1. The summed E-state index contributed by atoms with van der Waals surface area (Å²) in [4.78, 5) is 4.61. The van der Waals surface area contributed by atoms with E-state index in [4.69, 9.17) is 5.73 Å². The van der Waals surface area contributed by atoms with Crippen molar-refractivity contribution in [1.82, 2.24) is 9.38 Å². The number of benzene rings is 1. The van der Waals surface area contributed by atoms with E-state index < -0.39 is 0 Å². The van der Waals surface area contributed by atoms with Crippen LogP contribution in [-0.2, 0) is 6.54 Å². The first-order valence-electron chi connectivity index (χ1n) is 5.46. The second-order valence-corrected chi connectivity index (χ2v) is 5.00. The highest BCUT2D eigenvalue weighted by atomic mass is 79.9. The van der Waals surface area contributed by atoms with Gasteiger partial charge in [0.25, 0.3) is 0 Å². The minimum atomic E-state index is 0.509. The average molecular weight is 290 g/mol. The number of imidazole rings is 1. The molecule has 3 rings (SSSR count). The molecule has 2 heterocycles. The van der Waals surface area contributed by atoms with Gasteiger partial charge in [0.2, 0.25) is 0 Å². The van der Waals surface area contributed by atoms with E-state index in [1.54, 1.807) is 0 Å². The highest BCUT2D eigenvalue weighted by Gasteiger charge is 2.09. The smallest absolute Gasteiger partial charge is 0.145 e. The summed E-state index contributed by atoms with van der Waals surface area (Å²) in [5.74, 6) is 0. The number of fused-ring (bicyclic) bond motifs is 3. The summed E-state index contributed by atoms with van der Waals surface area (Å²) in [5, 5.41) is 2.33. The third kappa shape index (κ3) is 1.56. The first kappa shape index (κ1) is 10.7. The topological polar surface area (TPSA) is 43.3 Å². The van der Waals surface area contributed by atoms with Crippen LogP contribution in [0, 0.1) is 6.92 Å². The Kier molecular flexibility index (Phi) is 2.42. The molecule has 86 valence electrons. The van der Waals surface area contributed by atoms with Gasteiger partial charge in [-0.2, -0.15) is 0 Å².